The SMILES string of the molecule is Cc1cc(C)c(C(=O)Nc2ccccc2C(=O)N[C@H](C)c2ccccc2)cc1C. The van der Waals surface area contributed by atoms with Gasteiger partial charge >= 0.3 is 0 Å². The highest BCUT2D eigenvalue weighted by molar-refractivity contribution is 6.09. The molecule has 0 spiro atoms. The number of aryl methyl sites for hydroxylation is 3. The highest BCUT2D eigenvalue weighted by Gasteiger charge is 2.17. The summed E-state index contributed by atoms with van der Waals surface area (Å²) in [6.45, 7) is 7.86. The lowest BCUT2D eigenvalue weighted by atomic mass is 10.00. The molecule has 3 aromatic carbocycles. The zero-order chi connectivity index (χ0) is 21.0. The van der Waals surface area contributed by atoms with E-state index in [1.54, 1.807) is 24.3 Å². The minimum Gasteiger partial charge on any atom is -0.345 e. The molecule has 4 heteroatoms. The zero-order valence-electron chi connectivity index (χ0n) is 17.2. The number of para-hydroxylation sites is 1. The Bertz CT molecular complexity index is 1040. The minimum atomic E-state index is -0.228. The quantitative estimate of drug-likeness (QED) is 0.620. The molecule has 2 N–H and O–H groups in total. The van der Waals surface area contributed by atoms with Crippen molar-refractivity contribution in [3.8, 4) is 0 Å². The Kier molecular flexibility index (Phi) is 6.13. The Labute approximate surface area is 172 Å². The summed E-state index contributed by atoms with van der Waals surface area (Å²) in [4.78, 5) is 25.7. The van der Waals surface area contributed by atoms with Crippen LogP contribution in [-0.4, -0.2) is 11.8 Å². The predicted octanol–water partition coefficient (Wildman–Crippen LogP) is 5.36. The van der Waals surface area contributed by atoms with Crippen molar-refractivity contribution >= 4 is 17.5 Å². The van der Waals surface area contributed by atoms with E-state index in [1.165, 1.54) is 0 Å². The lowest BCUT2D eigenvalue weighted by Crippen LogP contribution is -2.28. The van der Waals surface area contributed by atoms with Gasteiger partial charge in [0.15, 0.2) is 0 Å². The van der Waals surface area contributed by atoms with Gasteiger partial charge in [0, 0.05) is 5.56 Å². The van der Waals surface area contributed by atoms with Gasteiger partial charge in [-0.3, -0.25) is 9.59 Å². The lowest BCUT2D eigenvalue weighted by molar-refractivity contribution is 0.0941. The number of rotatable bonds is 5. The number of carbonyl (C=O) groups excluding carboxylic acids is 2. The fourth-order valence-electron chi connectivity index (χ4n) is 3.28. The van der Waals surface area contributed by atoms with Crippen molar-refractivity contribution in [3.63, 3.8) is 0 Å². The number of hydrogen-bond donors (Lipinski definition) is 2. The van der Waals surface area contributed by atoms with E-state index in [4.69, 9.17) is 0 Å². The first kappa shape index (κ1) is 20.3. The van der Waals surface area contributed by atoms with Crippen LogP contribution < -0.4 is 10.6 Å². The molecule has 0 radical (unpaired) electrons. The fraction of sp³-hybridized carbons (Fsp3) is 0.200. The first-order valence-corrected chi connectivity index (χ1v) is 9.71. The number of nitrogens with one attached hydrogen (secondary N) is 2. The summed E-state index contributed by atoms with van der Waals surface area (Å²) in [5.41, 5.74) is 5.68. The Morgan fingerprint density at radius 3 is 2.07 bits per heavy atom. The fourth-order valence-corrected chi connectivity index (χ4v) is 3.28. The molecule has 0 aliphatic carbocycles. The molecule has 0 aliphatic rings. The van der Waals surface area contributed by atoms with Gasteiger partial charge < -0.3 is 10.6 Å². The van der Waals surface area contributed by atoms with Gasteiger partial charge in [-0.05, 0) is 68.1 Å². The van der Waals surface area contributed by atoms with E-state index < -0.39 is 0 Å². The predicted molar refractivity (Wildman–Crippen MR) is 117 cm³/mol. The zero-order valence-corrected chi connectivity index (χ0v) is 17.2. The van der Waals surface area contributed by atoms with Crippen molar-refractivity contribution in [2.45, 2.75) is 33.7 Å². The molecule has 0 unspecified atom stereocenters. The van der Waals surface area contributed by atoms with Crippen LogP contribution in [0.3, 0.4) is 0 Å². The van der Waals surface area contributed by atoms with E-state index in [0.29, 0.717) is 16.8 Å². The van der Waals surface area contributed by atoms with Gasteiger partial charge in [0.05, 0.1) is 17.3 Å². The second-order valence-electron chi connectivity index (χ2n) is 7.36. The van der Waals surface area contributed by atoms with Crippen molar-refractivity contribution in [2.75, 3.05) is 5.32 Å². The van der Waals surface area contributed by atoms with Crippen LogP contribution in [0.25, 0.3) is 0 Å². The lowest BCUT2D eigenvalue weighted by Gasteiger charge is -2.17. The number of benzene rings is 3. The van der Waals surface area contributed by atoms with Gasteiger partial charge in [0.2, 0.25) is 0 Å². The number of hydrogen-bond acceptors (Lipinski definition) is 2. The summed E-state index contributed by atoms with van der Waals surface area (Å²) in [5, 5.41) is 5.91. The summed E-state index contributed by atoms with van der Waals surface area (Å²) in [6.07, 6.45) is 0. The van der Waals surface area contributed by atoms with Crippen LogP contribution in [0.5, 0.6) is 0 Å². The third-order valence-electron chi connectivity index (χ3n) is 5.15. The van der Waals surface area contributed by atoms with E-state index in [1.807, 2.05) is 70.2 Å². The summed E-state index contributed by atoms with van der Waals surface area (Å²) in [5.74, 6) is -0.448. The topological polar surface area (TPSA) is 58.2 Å². The Balaban J connectivity index is 1.81. The molecule has 0 saturated carbocycles. The largest absolute Gasteiger partial charge is 0.345 e. The van der Waals surface area contributed by atoms with Crippen molar-refractivity contribution in [1.82, 2.24) is 5.32 Å². The van der Waals surface area contributed by atoms with Crippen LogP contribution in [0.2, 0.25) is 0 Å². The van der Waals surface area contributed by atoms with E-state index in [-0.39, 0.29) is 17.9 Å². The molecule has 0 fully saturated rings. The molecule has 1 atom stereocenters. The third-order valence-corrected chi connectivity index (χ3v) is 5.15. The van der Waals surface area contributed by atoms with Crippen molar-refractivity contribution in [2.24, 2.45) is 0 Å². The van der Waals surface area contributed by atoms with Gasteiger partial charge in [0.25, 0.3) is 11.8 Å². The molecule has 0 saturated heterocycles. The Morgan fingerprint density at radius 2 is 1.34 bits per heavy atom. The maximum atomic E-state index is 12.9. The van der Waals surface area contributed by atoms with Crippen LogP contribution in [0.1, 0.15) is 55.9 Å². The molecule has 2 amide bonds. The molecule has 148 valence electrons. The van der Waals surface area contributed by atoms with Crippen molar-refractivity contribution < 1.29 is 9.59 Å². The highest BCUT2D eigenvalue weighted by atomic mass is 16.2. The Morgan fingerprint density at radius 1 is 0.724 bits per heavy atom. The summed E-state index contributed by atoms with van der Waals surface area (Å²) in [7, 11) is 0. The van der Waals surface area contributed by atoms with Crippen LogP contribution in [0.15, 0.2) is 66.7 Å². The van der Waals surface area contributed by atoms with E-state index in [0.717, 1.165) is 22.3 Å². The standard InChI is InChI=1S/C25H26N2O2/c1-16-14-18(3)22(15-17(16)2)25(29)27-23-13-9-8-12-21(23)24(28)26-19(4)20-10-6-5-7-11-20/h5-15,19H,1-4H3,(H,26,28)(H,27,29)/t19-/m1/s1. The molecular formula is C25H26N2O2. The molecule has 3 rings (SSSR count). The Hall–Kier alpha value is -3.40. The van der Waals surface area contributed by atoms with Crippen LogP contribution in [-0.2, 0) is 0 Å². The monoisotopic (exact) mass is 386 g/mol. The highest BCUT2D eigenvalue weighted by Crippen LogP contribution is 2.21. The van der Waals surface area contributed by atoms with Crippen molar-refractivity contribution in [3.05, 3.63) is 100 Å². The molecule has 0 aromatic heterocycles. The minimum absolute atomic E-state index is 0.144. The third kappa shape index (κ3) is 4.72. The maximum Gasteiger partial charge on any atom is 0.255 e. The van der Waals surface area contributed by atoms with Gasteiger partial charge in [0.1, 0.15) is 0 Å². The molecule has 4 nitrogen and oxygen atoms in total. The van der Waals surface area contributed by atoms with E-state index >= 15 is 0 Å². The van der Waals surface area contributed by atoms with Crippen molar-refractivity contribution in [1.29, 1.82) is 0 Å². The van der Waals surface area contributed by atoms with Crippen LogP contribution in [0, 0.1) is 20.8 Å². The summed E-state index contributed by atoms with van der Waals surface area (Å²) in [6, 6.07) is 20.6. The summed E-state index contributed by atoms with van der Waals surface area (Å²) < 4.78 is 0. The van der Waals surface area contributed by atoms with Gasteiger partial charge in [-0.1, -0.05) is 48.5 Å². The number of anilines is 1. The van der Waals surface area contributed by atoms with Gasteiger partial charge in [-0.15, -0.1) is 0 Å². The van der Waals surface area contributed by atoms with Gasteiger partial charge in [-0.2, -0.15) is 0 Å². The average Bonchev–Trinajstić information content (AvgIpc) is 2.71. The average molecular weight is 386 g/mol. The molecule has 29 heavy (non-hydrogen) atoms. The number of amides is 2. The molecule has 0 heterocycles. The van der Waals surface area contributed by atoms with Gasteiger partial charge in [-0.25, -0.2) is 0 Å². The van der Waals surface area contributed by atoms with Crippen LogP contribution in [0.4, 0.5) is 5.69 Å². The molecule has 0 aliphatic heterocycles. The number of carbonyl (C=O) groups is 2. The second kappa shape index (κ2) is 8.74. The van der Waals surface area contributed by atoms with E-state index in [9.17, 15) is 9.59 Å². The smallest absolute Gasteiger partial charge is 0.255 e. The first-order valence-electron chi connectivity index (χ1n) is 9.71. The second-order valence-corrected chi connectivity index (χ2v) is 7.36. The van der Waals surface area contributed by atoms with Crippen LogP contribution >= 0.6 is 0 Å². The summed E-state index contributed by atoms with van der Waals surface area (Å²) >= 11 is 0. The maximum absolute atomic E-state index is 12.9. The molecular weight excluding hydrogens is 360 g/mol. The first-order chi connectivity index (χ1) is 13.9. The normalized spacial score (nSPS) is 11.6. The van der Waals surface area contributed by atoms with E-state index in [2.05, 4.69) is 10.6 Å². The molecule has 3 aromatic rings. The molecule has 0 bridgehead atoms.